The van der Waals surface area contributed by atoms with Crippen molar-refractivity contribution in [3.05, 3.63) is 18.2 Å². The van der Waals surface area contributed by atoms with E-state index in [2.05, 4.69) is 24.1 Å². The van der Waals surface area contributed by atoms with Crippen molar-refractivity contribution in [3.8, 4) is 0 Å². The third kappa shape index (κ3) is 4.02. The van der Waals surface area contributed by atoms with Gasteiger partial charge in [0.25, 0.3) is 0 Å². The highest BCUT2D eigenvalue weighted by Crippen LogP contribution is 2.02. The van der Waals surface area contributed by atoms with E-state index in [1.165, 1.54) is 0 Å². The van der Waals surface area contributed by atoms with Crippen LogP contribution in [0.15, 0.2) is 12.5 Å². The molecule has 16 heavy (non-hydrogen) atoms. The minimum Gasteiger partial charge on any atom is -0.369 e. The number of primary amides is 1. The molecule has 0 bridgehead atoms. The number of hydrogen-bond acceptors (Lipinski definition) is 3. The van der Waals surface area contributed by atoms with Gasteiger partial charge >= 0.3 is 0 Å². The SMILES string of the molecule is CC(C)NCc1cn(CC(C)C(N)=O)cn1. The molecule has 1 unspecified atom stereocenters. The summed E-state index contributed by atoms with van der Waals surface area (Å²) in [5.41, 5.74) is 6.18. The molecule has 1 atom stereocenters. The number of imidazole rings is 1. The Bertz CT molecular complexity index is 346. The van der Waals surface area contributed by atoms with Crippen LogP contribution in [0.4, 0.5) is 0 Å². The van der Waals surface area contributed by atoms with Crippen LogP contribution in [0.5, 0.6) is 0 Å². The van der Waals surface area contributed by atoms with E-state index in [1.807, 2.05) is 17.7 Å². The molecular formula is C11H20N4O. The van der Waals surface area contributed by atoms with E-state index in [-0.39, 0.29) is 11.8 Å². The topological polar surface area (TPSA) is 72.9 Å². The predicted molar refractivity (Wildman–Crippen MR) is 62.6 cm³/mol. The van der Waals surface area contributed by atoms with E-state index in [0.29, 0.717) is 12.6 Å². The van der Waals surface area contributed by atoms with Gasteiger partial charge in [-0.2, -0.15) is 0 Å². The molecule has 0 aliphatic heterocycles. The second-order valence-corrected chi connectivity index (χ2v) is 4.40. The van der Waals surface area contributed by atoms with Crippen molar-refractivity contribution >= 4 is 5.91 Å². The van der Waals surface area contributed by atoms with E-state index in [4.69, 9.17) is 5.73 Å². The molecule has 0 spiro atoms. The van der Waals surface area contributed by atoms with Crippen molar-refractivity contribution < 1.29 is 4.79 Å². The van der Waals surface area contributed by atoms with Crippen LogP contribution in [0, 0.1) is 5.92 Å². The van der Waals surface area contributed by atoms with Crippen molar-refractivity contribution in [2.45, 2.75) is 39.9 Å². The van der Waals surface area contributed by atoms with Crippen molar-refractivity contribution in [1.82, 2.24) is 14.9 Å². The van der Waals surface area contributed by atoms with E-state index in [9.17, 15) is 4.79 Å². The summed E-state index contributed by atoms with van der Waals surface area (Å²) in [6.07, 6.45) is 3.67. The van der Waals surface area contributed by atoms with Crippen LogP contribution in [0.1, 0.15) is 26.5 Å². The van der Waals surface area contributed by atoms with Gasteiger partial charge in [0, 0.05) is 25.3 Å². The smallest absolute Gasteiger partial charge is 0.222 e. The lowest BCUT2D eigenvalue weighted by atomic mass is 10.2. The summed E-state index contributed by atoms with van der Waals surface area (Å²) < 4.78 is 1.90. The minimum absolute atomic E-state index is 0.167. The summed E-state index contributed by atoms with van der Waals surface area (Å²) >= 11 is 0. The lowest BCUT2D eigenvalue weighted by Gasteiger charge is -2.07. The molecule has 1 rings (SSSR count). The standard InChI is InChI=1S/C11H20N4O/c1-8(2)13-4-10-6-15(7-14-10)5-9(3)11(12)16/h6-9,13H,4-5H2,1-3H3,(H2,12,16). The fourth-order valence-electron chi connectivity index (χ4n) is 1.31. The fraction of sp³-hybridized carbons (Fsp3) is 0.636. The Morgan fingerprint density at radius 3 is 2.81 bits per heavy atom. The molecule has 1 aromatic rings. The summed E-state index contributed by atoms with van der Waals surface area (Å²) in [6.45, 7) is 7.33. The van der Waals surface area contributed by atoms with Gasteiger partial charge in [0.15, 0.2) is 0 Å². The Balaban J connectivity index is 2.48. The van der Waals surface area contributed by atoms with Crippen LogP contribution in [-0.4, -0.2) is 21.5 Å². The van der Waals surface area contributed by atoms with Gasteiger partial charge < -0.3 is 15.6 Å². The van der Waals surface area contributed by atoms with E-state index >= 15 is 0 Å². The molecule has 0 radical (unpaired) electrons. The second-order valence-electron chi connectivity index (χ2n) is 4.40. The van der Waals surface area contributed by atoms with Gasteiger partial charge in [-0.1, -0.05) is 20.8 Å². The zero-order chi connectivity index (χ0) is 12.1. The van der Waals surface area contributed by atoms with E-state index in [1.54, 1.807) is 6.33 Å². The molecule has 90 valence electrons. The number of carbonyl (C=O) groups excluding carboxylic acids is 1. The van der Waals surface area contributed by atoms with Gasteiger partial charge in [-0.25, -0.2) is 4.98 Å². The molecule has 0 fully saturated rings. The molecule has 5 nitrogen and oxygen atoms in total. The van der Waals surface area contributed by atoms with Gasteiger partial charge in [0.2, 0.25) is 5.91 Å². The molecule has 3 N–H and O–H groups in total. The van der Waals surface area contributed by atoms with Crippen LogP contribution < -0.4 is 11.1 Å². The first-order valence-electron chi connectivity index (χ1n) is 5.52. The van der Waals surface area contributed by atoms with Crippen molar-refractivity contribution in [2.75, 3.05) is 0 Å². The lowest BCUT2D eigenvalue weighted by Crippen LogP contribution is -2.24. The average Bonchev–Trinajstić information content (AvgIpc) is 2.62. The van der Waals surface area contributed by atoms with Crippen LogP contribution in [-0.2, 0) is 17.9 Å². The highest BCUT2D eigenvalue weighted by atomic mass is 16.1. The van der Waals surface area contributed by atoms with Crippen LogP contribution in [0.25, 0.3) is 0 Å². The van der Waals surface area contributed by atoms with Gasteiger partial charge in [-0.05, 0) is 0 Å². The van der Waals surface area contributed by atoms with Crippen LogP contribution in [0.2, 0.25) is 0 Å². The molecule has 0 aliphatic rings. The number of nitrogens with zero attached hydrogens (tertiary/aromatic N) is 2. The molecule has 1 aromatic heterocycles. The molecule has 0 aliphatic carbocycles. The zero-order valence-electron chi connectivity index (χ0n) is 10.1. The predicted octanol–water partition coefficient (Wildman–Crippen LogP) is 0.503. The Labute approximate surface area is 96.0 Å². The first-order valence-corrected chi connectivity index (χ1v) is 5.52. The van der Waals surface area contributed by atoms with Crippen molar-refractivity contribution in [3.63, 3.8) is 0 Å². The Morgan fingerprint density at radius 2 is 2.25 bits per heavy atom. The highest BCUT2D eigenvalue weighted by Gasteiger charge is 2.09. The second kappa shape index (κ2) is 5.65. The monoisotopic (exact) mass is 224 g/mol. The first-order chi connectivity index (χ1) is 7.49. The molecule has 0 aromatic carbocycles. The number of aromatic nitrogens is 2. The molecule has 1 amide bonds. The van der Waals surface area contributed by atoms with Crippen LogP contribution >= 0.6 is 0 Å². The molecule has 5 heteroatoms. The van der Waals surface area contributed by atoms with E-state index < -0.39 is 0 Å². The molecule has 1 heterocycles. The number of carbonyl (C=O) groups is 1. The number of hydrogen-bond donors (Lipinski definition) is 2. The summed E-state index contributed by atoms with van der Waals surface area (Å²) in [5, 5.41) is 3.28. The van der Waals surface area contributed by atoms with Gasteiger partial charge in [0.05, 0.1) is 17.9 Å². The summed E-state index contributed by atoms with van der Waals surface area (Å²) in [7, 11) is 0. The number of nitrogens with one attached hydrogen (secondary N) is 1. The maximum absolute atomic E-state index is 10.9. The Morgan fingerprint density at radius 1 is 1.56 bits per heavy atom. The minimum atomic E-state index is -0.282. The van der Waals surface area contributed by atoms with Gasteiger partial charge in [-0.15, -0.1) is 0 Å². The third-order valence-electron chi connectivity index (χ3n) is 2.35. The summed E-state index contributed by atoms with van der Waals surface area (Å²) in [4.78, 5) is 15.2. The third-order valence-corrected chi connectivity index (χ3v) is 2.35. The van der Waals surface area contributed by atoms with Gasteiger partial charge in [0.1, 0.15) is 0 Å². The molecule has 0 saturated heterocycles. The lowest BCUT2D eigenvalue weighted by molar-refractivity contribution is -0.121. The van der Waals surface area contributed by atoms with Gasteiger partial charge in [-0.3, -0.25) is 4.79 Å². The van der Waals surface area contributed by atoms with Crippen molar-refractivity contribution in [1.29, 1.82) is 0 Å². The number of rotatable bonds is 6. The Hall–Kier alpha value is -1.36. The summed E-state index contributed by atoms with van der Waals surface area (Å²) in [5.74, 6) is -0.448. The quantitative estimate of drug-likeness (QED) is 0.739. The first kappa shape index (κ1) is 12.7. The largest absolute Gasteiger partial charge is 0.369 e. The number of amides is 1. The fourth-order valence-corrected chi connectivity index (χ4v) is 1.31. The van der Waals surface area contributed by atoms with Crippen molar-refractivity contribution in [2.24, 2.45) is 11.7 Å². The van der Waals surface area contributed by atoms with E-state index in [0.717, 1.165) is 12.2 Å². The average molecular weight is 224 g/mol. The van der Waals surface area contributed by atoms with Crippen LogP contribution in [0.3, 0.4) is 0 Å². The highest BCUT2D eigenvalue weighted by molar-refractivity contribution is 5.76. The molecular weight excluding hydrogens is 204 g/mol. The zero-order valence-corrected chi connectivity index (χ0v) is 10.1. The normalized spacial score (nSPS) is 13.0. The number of nitrogens with two attached hydrogens (primary N) is 1. The Kier molecular flexibility index (Phi) is 4.49. The maximum Gasteiger partial charge on any atom is 0.222 e. The molecule has 0 saturated carbocycles. The summed E-state index contributed by atoms with van der Waals surface area (Å²) in [6, 6.07) is 0.440. The maximum atomic E-state index is 10.9.